The number of methoxy groups -OCH3 is 1. The monoisotopic (exact) mass is 402 g/mol. The number of ether oxygens (including phenoxy) is 2. The molecule has 3 aromatic rings. The lowest BCUT2D eigenvalue weighted by Gasteiger charge is -2.12. The Morgan fingerprint density at radius 3 is 2.68 bits per heavy atom. The topological polar surface area (TPSA) is 68.3 Å². The number of hydrogen-bond donors (Lipinski definition) is 2. The van der Waals surface area contributed by atoms with Crippen LogP contribution in [-0.4, -0.2) is 22.2 Å². The van der Waals surface area contributed by atoms with Crippen molar-refractivity contribution < 1.29 is 18.3 Å². The summed E-state index contributed by atoms with van der Waals surface area (Å²) in [6.45, 7) is 0.167. The molecule has 0 aliphatic carbocycles. The molecule has 0 aliphatic rings. The molecule has 2 N–H and O–H groups in total. The van der Waals surface area contributed by atoms with Crippen molar-refractivity contribution >= 4 is 28.8 Å². The molecule has 1 heterocycles. The first kappa shape index (κ1) is 19.4. The number of nitrogens with zero attached hydrogens (tertiary/aromatic N) is 2. The number of nitrogens with one attached hydrogen (secondary N) is 2. The summed E-state index contributed by atoms with van der Waals surface area (Å²) in [7, 11) is 1.57. The molecule has 0 fully saturated rings. The third-order valence-corrected chi connectivity index (χ3v) is 3.78. The largest absolute Gasteiger partial charge is 0.497 e. The van der Waals surface area contributed by atoms with Gasteiger partial charge in [0.15, 0.2) is 16.7 Å². The van der Waals surface area contributed by atoms with Gasteiger partial charge in [0.2, 0.25) is 0 Å². The van der Waals surface area contributed by atoms with Crippen LogP contribution in [0, 0.1) is 11.6 Å². The zero-order chi connectivity index (χ0) is 19.9. The van der Waals surface area contributed by atoms with Crippen molar-refractivity contribution in [3.63, 3.8) is 0 Å². The molecule has 0 aliphatic heterocycles. The minimum Gasteiger partial charge on any atom is -0.497 e. The Morgan fingerprint density at radius 2 is 1.89 bits per heavy atom. The lowest BCUT2D eigenvalue weighted by molar-refractivity contribution is 0.279. The Labute approximate surface area is 165 Å². The van der Waals surface area contributed by atoms with Crippen LogP contribution in [0.25, 0.3) is 0 Å². The molecule has 144 valence electrons. The third kappa shape index (κ3) is 5.10. The average molecular weight is 402 g/mol. The maximum Gasteiger partial charge on any atom is 0.318 e. The number of para-hydroxylation sites is 1. The fourth-order valence-corrected chi connectivity index (χ4v) is 2.45. The Hall–Kier alpha value is -3.33. The number of benzene rings is 2. The van der Waals surface area contributed by atoms with E-state index in [0.29, 0.717) is 5.75 Å². The summed E-state index contributed by atoms with van der Waals surface area (Å²) in [6, 6.07) is 13.2. The maximum absolute atomic E-state index is 14.0. The SMILES string of the molecule is COc1cccc(COc2ncc(F)c(NC(=S)Nc3ccccc3F)n2)c1. The first-order chi connectivity index (χ1) is 13.5. The van der Waals surface area contributed by atoms with E-state index in [0.717, 1.165) is 11.8 Å². The van der Waals surface area contributed by atoms with Crippen LogP contribution in [0.3, 0.4) is 0 Å². The van der Waals surface area contributed by atoms with Gasteiger partial charge in [0, 0.05) is 0 Å². The fraction of sp³-hybridized carbons (Fsp3) is 0.105. The zero-order valence-electron chi connectivity index (χ0n) is 14.8. The average Bonchev–Trinajstić information content (AvgIpc) is 2.70. The quantitative estimate of drug-likeness (QED) is 0.600. The summed E-state index contributed by atoms with van der Waals surface area (Å²) in [5.74, 6) is -0.721. The van der Waals surface area contributed by atoms with Crippen molar-refractivity contribution in [1.82, 2.24) is 9.97 Å². The highest BCUT2D eigenvalue weighted by atomic mass is 32.1. The van der Waals surface area contributed by atoms with Gasteiger partial charge in [-0.2, -0.15) is 4.98 Å². The fourth-order valence-electron chi connectivity index (χ4n) is 2.24. The van der Waals surface area contributed by atoms with E-state index in [1.54, 1.807) is 25.3 Å². The summed E-state index contributed by atoms with van der Waals surface area (Å²) in [6.07, 6.45) is 0.960. The van der Waals surface area contributed by atoms with E-state index >= 15 is 0 Å². The van der Waals surface area contributed by atoms with Crippen molar-refractivity contribution in [1.29, 1.82) is 0 Å². The Bertz CT molecular complexity index is 988. The molecule has 9 heteroatoms. The van der Waals surface area contributed by atoms with Crippen LogP contribution in [0.4, 0.5) is 20.3 Å². The number of thiocarbonyl (C=S) groups is 1. The van der Waals surface area contributed by atoms with Gasteiger partial charge in [0.05, 0.1) is 19.0 Å². The van der Waals surface area contributed by atoms with Gasteiger partial charge in [-0.3, -0.25) is 0 Å². The van der Waals surface area contributed by atoms with Gasteiger partial charge in [-0.25, -0.2) is 13.8 Å². The maximum atomic E-state index is 14.0. The van der Waals surface area contributed by atoms with Crippen LogP contribution in [0.5, 0.6) is 11.8 Å². The predicted molar refractivity (Wildman–Crippen MR) is 106 cm³/mol. The molecule has 2 aromatic carbocycles. The van der Waals surface area contributed by atoms with E-state index in [1.807, 2.05) is 18.2 Å². The third-order valence-electron chi connectivity index (χ3n) is 3.58. The first-order valence-corrected chi connectivity index (χ1v) is 8.57. The van der Waals surface area contributed by atoms with E-state index < -0.39 is 11.6 Å². The molecule has 0 spiro atoms. The summed E-state index contributed by atoms with van der Waals surface area (Å²) < 4.78 is 38.3. The summed E-state index contributed by atoms with van der Waals surface area (Å²) >= 11 is 5.08. The Balaban J connectivity index is 1.65. The molecule has 0 saturated carbocycles. The van der Waals surface area contributed by atoms with Crippen molar-refractivity contribution in [3.05, 3.63) is 71.9 Å². The van der Waals surface area contributed by atoms with Gasteiger partial charge in [0.25, 0.3) is 0 Å². The van der Waals surface area contributed by atoms with E-state index in [9.17, 15) is 8.78 Å². The van der Waals surface area contributed by atoms with Crippen LogP contribution < -0.4 is 20.1 Å². The second-order valence-electron chi connectivity index (χ2n) is 5.55. The number of aromatic nitrogens is 2. The number of halogens is 2. The number of rotatable bonds is 6. The molecule has 0 amide bonds. The summed E-state index contributed by atoms with van der Waals surface area (Å²) in [5.41, 5.74) is 0.988. The molecule has 0 radical (unpaired) electrons. The van der Waals surface area contributed by atoms with E-state index in [2.05, 4.69) is 20.6 Å². The van der Waals surface area contributed by atoms with Crippen LogP contribution in [0.1, 0.15) is 5.56 Å². The molecule has 0 unspecified atom stereocenters. The van der Waals surface area contributed by atoms with Crippen molar-refractivity contribution in [2.75, 3.05) is 17.7 Å². The Morgan fingerprint density at radius 1 is 1.07 bits per heavy atom. The second-order valence-corrected chi connectivity index (χ2v) is 5.96. The van der Waals surface area contributed by atoms with E-state index in [4.69, 9.17) is 21.7 Å². The highest BCUT2D eigenvalue weighted by Crippen LogP contribution is 2.18. The lowest BCUT2D eigenvalue weighted by Crippen LogP contribution is -2.21. The zero-order valence-corrected chi connectivity index (χ0v) is 15.6. The molecule has 0 saturated heterocycles. The van der Waals surface area contributed by atoms with Crippen molar-refractivity contribution in [3.8, 4) is 11.8 Å². The number of hydrogen-bond acceptors (Lipinski definition) is 5. The van der Waals surface area contributed by atoms with Crippen molar-refractivity contribution in [2.24, 2.45) is 0 Å². The molecule has 3 rings (SSSR count). The van der Waals surface area contributed by atoms with Gasteiger partial charge in [-0.15, -0.1) is 0 Å². The molecule has 0 atom stereocenters. The van der Waals surface area contributed by atoms with Crippen LogP contribution in [0.15, 0.2) is 54.7 Å². The second kappa shape index (κ2) is 9.05. The molecule has 0 bridgehead atoms. The highest BCUT2D eigenvalue weighted by molar-refractivity contribution is 7.80. The van der Waals surface area contributed by atoms with Crippen molar-refractivity contribution in [2.45, 2.75) is 6.61 Å². The normalized spacial score (nSPS) is 10.2. The lowest BCUT2D eigenvalue weighted by atomic mass is 10.2. The summed E-state index contributed by atoms with van der Waals surface area (Å²) in [5, 5.41) is 5.18. The van der Waals surface area contributed by atoms with E-state index in [1.165, 1.54) is 12.1 Å². The smallest absolute Gasteiger partial charge is 0.318 e. The molecular formula is C19H16F2N4O2S. The standard InChI is InChI=1S/C19H16F2N4O2S/c1-26-13-6-4-5-12(9-13)11-27-18-22-10-15(21)17(24-18)25-19(28)23-16-8-3-2-7-14(16)20/h2-10H,11H2,1H3,(H2,22,23,24,25,28). The van der Waals surface area contributed by atoms with Crippen LogP contribution >= 0.6 is 12.2 Å². The molecule has 1 aromatic heterocycles. The van der Waals surface area contributed by atoms with Gasteiger partial charge in [-0.1, -0.05) is 24.3 Å². The van der Waals surface area contributed by atoms with Crippen LogP contribution in [0.2, 0.25) is 0 Å². The van der Waals surface area contributed by atoms with Gasteiger partial charge < -0.3 is 20.1 Å². The first-order valence-electron chi connectivity index (χ1n) is 8.16. The molecular weight excluding hydrogens is 386 g/mol. The summed E-state index contributed by atoms with van der Waals surface area (Å²) in [4.78, 5) is 7.76. The van der Waals surface area contributed by atoms with Gasteiger partial charge >= 0.3 is 6.01 Å². The molecule has 28 heavy (non-hydrogen) atoms. The van der Waals surface area contributed by atoms with E-state index in [-0.39, 0.29) is 29.2 Å². The predicted octanol–water partition coefficient (Wildman–Crippen LogP) is 4.15. The van der Waals surface area contributed by atoms with Gasteiger partial charge in [0.1, 0.15) is 18.2 Å². The number of anilines is 2. The molecule has 6 nitrogen and oxygen atoms in total. The van der Waals surface area contributed by atoms with Crippen LogP contribution in [-0.2, 0) is 6.61 Å². The highest BCUT2D eigenvalue weighted by Gasteiger charge is 2.11. The minimum absolute atomic E-state index is 0.0264. The minimum atomic E-state index is -0.730. The van der Waals surface area contributed by atoms with Gasteiger partial charge in [-0.05, 0) is 42.0 Å². The Kier molecular flexibility index (Phi) is 6.28.